The van der Waals surface area contributed by atoms with Gasteiger partial charge in [0.15, 0.2) is 0 Å². The molecule has 17 heavy (non-hydrogen) atoms. The van der Waals surface area contributed by atoms with E-state index in [-0.39, 0.29) is 5.91 Å². The third-order valence-corrected chi connectivity index (χ3v) is 3.37. The first-order valence-corrected chi connectivity index (χ1v) is 6.20. The molecule has 1 amide bonds. The lowest BCUT2D eigenvalue weighted by Gasteiger charge is -2.20. The van der Waals surface area contributed by atoms with E-state index in [1.165, 1.54) is 0 Å². The number of halogens is 1. The topological polar surface area (TPSA) is 58.4 Å². The van der Waals surface area contributed by atoms with Crippen molar-refractivity contribution in [2.45, 2.75) is 13.0 Å². The highest BCUT2D eigenvalue weighted by Gasteiger charge is 2.12. The van der Waals surface area contributed by atoms with Gasteiger partial charge in [-0.2, -0.15) is 0 Å². The smallest absolute Gasteiger partial charge is 0.252 e. The summed E-state index contributed by atoms with van der Waals surface area (Å²) in [5.41, 5.74) is 6.81. The Kier molecular flexibility index (Phi) is 4.96. The van der Waals surface area contributed by atoms with Crippen LogP contribution in [0, 0.1) is 0 Å². The van der Waals surface area contributed by atoms with Crippen molar-refractivity contribution in [2.75, 3.05) is 26.4 Å². The molecule has 5 heteroatoms. The Morgan fingerprint density at radius 1 is 1.53 bits per heavy atom. The zero-order valence-corrected chi connectivity index (χ0v) is 11.9. The number of nitrogens with one attached hydrogen (secondary N) is 1. The molecule has 1 rings (SSSR count). The minimum Gasteiger partial charge on any atom is -0.399 e. The van der Waals surface area contributed by atoms with Gasteiger partial charge in [-0.05, 0) is 55.1 Å². The first kappa shape index (κ1) is 14.0. The zero-order valence-electron chi connectivity index (χ0n) is 10.3. The Morgan fingerprint density at radius 3 is 2.76 bits per heavy atom. The van der Waals surface area contributed by atoms with E-state index in [4.69, 9.17) is 5.73 Å². The van der Waals surface area contributed by atoms with Gasteiger partial charge in [0.25, 0.3) is 5.91 Å². The van der Waals surface area contributed by atoms with Gasteiger partial charge in [-0.1, -0.05) is 0 Å². The molecule has 0 aliphatic carbocycles. The molecule has 0 aliphatic heterocycles. The molecule has 1 atom stereocenters. The lowest BCUT2D eigenvalue weighted by molar-refractivity contribution is 0.0943. The molecule has 0 saturated heterocycles. The summed E-state index contributed by atoms with van der Waals surface area (Å²) in [4.78, 5) is 14.0. The number of anilines is 1. The number of carbonyl (C=O) groups is 1. The van der Waals surface area contributed by atoms with Gasteiger partial charge >= 0.3 is 0 Å². The summed E-state index contributed by atoms with van der Waals surface area (Å²) in [6, 6.07) is 5.49. The highest BCUT2D eigenvalue weighted by Crippen LogP contribution is 2.19. The lowest BCUT2D eigenvalue weighted by atomic mass is 10.2. The molecule has 3 N–H and O–H groups in total. The van der Waals surface area contributed by atoms with Crippen molar-refractivity contribution in [2.24, 2.45) is 0 Å². The summed E-state index contributed by atoms with van der Waals surface area (Å²) in [6.07, 6.45) is 0. The van der Waals surface area contributed by atoms with Gasteiger partial charge in [0, 0.05) is 22.7 Å². The van der Waals surface area contributed by atoms with Gasteiger partial charge in [-0.25, -0.2) is 0 Å². The lowest BCUT2D eigenvalue weighted by Crippen LogP contribution is -2.38. The molecule has 4 nitrogen and oxygen atoms in total. The van der Waals surface area contributed by atoms with Gasteiger partial charge in [-0.15, -0.1) is 0 Å². The number of nitrogen functional groups attached to an aromatic ring is 1. The van der Waals surface area contributed by atoms with E-state index in [2.05, 4.69) is 33.1 Å². The van der Waals surface area contributed by atoms with Crippen LogP contribution < -0.4 is 11.1 Å². The predicted octanol–water partition coefficient (Wildman–Crippen LogP) is 1.71. The van der Waals surface area contributed by atoms with Gasteiger partial charge in [0.05, 0.1) is 5.56 Å². The molecule has 0 bridgehead atoms. The maximum absolute atomic E-state index is 11.9. The third kappa shape index (κ3) is 4.02. The van der Waals surface area contributed by atoms with Crippen molar-refractivity contribution < 1.29 is 4.79 Å². The second-order valence-electron chi connectivity index (χ2n) is 4.26. The normalized spacial score (nSPS) is 12.5. The summed E-state index contributed by atoms with van der Waals surface area (Å²) in [5.74, 6) is -0.113. The van der Waals surface area contributed by atoms with Crippen molar-refractivity contribution in [3.8, 4) is 0 Å². The summed E-state index contributed by atoms with van der Waals surface area (Å²) < 4.78 is 0.752. The minimum absolute atomic E-state index is 0.113. The standard InChI is InChI=1S/C12H18BrN3O/c1-8(16(2)3)7-15-12(17)10-6-9(14)4-5-11(10)13/h4-6,8H,7,14H2,1-3H3,(H,15,17). The van der Waals surface area contributed by atoms with Crippen LogP contribution in [0.2, 0.25) is 0 Å². The molecule has 0 radical (unpaired) electrons. The van der Waals surface area contributed by atoms with Crippen molar-refractivity contribution in [1.82, 2.24) is 10.2 Å². The van der Waals surface area contributed by atoms with E-state index in [1.807, 2.05) is 14.1 Å². The van der Waals surface area contributed by atoms with Crippen molar-refractivity contribution in [1.29, 1.82) is 0 Å². The number of carbonyl (C=O) groups excluding carboxylic acids is 1. The zero-order chi connectivity index (χ0) is 13.0. The predicted molar refractivity (Wildman–Crippen MR) is 74.0 cm³/mol. The third-order valence-electron chi connectivity index (χ3n) is 2.67. The van der Waals surface area contributed by atoms with E-state index in [9.17, 15) is 4.79 Å². The van der Waals surface area contributed by atoms with Crippen LogP contribution in [0.1, 0.15) is 17.3 Å². The molecule has 1 aromatic rings. The molecule has 0 saturated carbocycles. The Bertz CT molecular complexity index is 407. The van der Waals surface area contributed by atoms with E-state index in [1.54, 1.807) is 18.2 Å². The molecule has 0 heterocycles. The highest BCUT2D eigenvalue weighted by molar-refractivity contribution is 9.10. The molecular formula is C12H18BrN3O. The monoisotopic (exact) mass is 299 g/mol. The summed E-state index contributed by atoms with van der Waals surface area (Å²) in [6.45, 7) is 2.65. The van der Waals surface area contributed by atoms with Crippen LogP contribution in [-0.4, -0.2) is 37.5 Å². The molecule has 0 spiro atoms. The number of nitrogens with zero attached hydrogens (tertiary/aromatic N) is 1. The Morgan fingerprint density at radius 2 is 2.18 bits per heavy atom. The fourth-order valence-electron chi connectivity index (χ4n) is 1.24. The Hall–Kier alpha value is -1.07. The molecule has 1 unspecified atom stereocenters. The number of hydrogen-bond acceptors (Lipinski definition) is 3. The number of benzene rings is 1. The number of nitrogens with two attached hydrogens (primary N) is 1. The second-order valence-corrected chi connectivity index (χ2v) is 5.12. The number of hydrogen-bond donors (Lipinski definition) is 2. The maximum atomic E-state index is 11.9. The van der Waals surface area contributed by atoms with Crippen LogP contribution in [0.25, 0.3) is 0 Å². The minimum atomic E-state index is -0.113. The van der Waals surface area contributed by atoms with Crippen LogP contribution in [0.4, 0.5) is 5.69 Å². The Balaban J connectivity index is 2.67. The van der Waals surface area contributed by atoms with Crippen LogP contribution >= 0.6 is 15.9 Å². The number of amides is 1. The summed E-state index contributed by atoms with van der Waals surface area (Å²) in [5, 5.41) is 2.88. The Labute approximate surface area is 110 Å². The highest BCUT2D eigenvalue weighted by atomic mass is 79.9. The van der Waals surface area contributed by atoms with Gasteiger partial charge < -0.3 is 16.0 Å². The van der Waals surface area contributed by atoms with E-state index < -0.39 is 0 Å². The molecule has 1 aromatic carbocycles. The van der Waals surface area contributed by atoms with Crippen molar-refractivity contribution >= 4 is 27.5 Å². The first-order valence-electron chi connectivity index (χ1n) is 5.41. The first-order chi connectivity index (χ1) is 7.91. The SMILES string of the molecule is CC(CNC(=O)c1cc(N)ccc1Br)N(C)C. The van der Waals surface area contributed by atoms with Gasteiger partial charge in [-0.3, -0.25) is 4.79 Å². The quantitative estimate of drug-likeness (QED) is 0.832. The van der Waals surface area contributed by atoms with Gasteiger partial charge in [0.2, 0.25) is 0 Å². The van der Waals surface area contributed by atoms with Crippen LogP contribution in [0.15, 0.2) is 22.7 Å². The second kappa shape index (κ2) is 6.02. The van der Waals surface area contributed by atoms with Crippen LogP contribution in [0.5, 0.6) is 0 Å². The number of rotatable bonds is 4. The summed E-state index contributed by atoms with van der Waals surface area (Å²) in [7, 11) is 3.96. The average molecular weight is 300 g/mol. The van der Waals surface area contributed by atoms with Crippen molar-refractivity contribution in [3.63, 3.8) is 0 Å². The fourth-order valence-corrected chi connectivity index (χ4v) is 1.66. The van der Waals surface area contributed by atoms with Crippen LogP contribution in [-0.2, 0) is 0 Å². The van der Waals surface area contributed by atoms with Crippen molar-refractivity contribution in [3.05, 3.63) is 28.2 Å². The molecule has 0 fully saturated rings. The summed E-state index contributed by atoms with van der Waals surface area (Å²) >= 11 is 3.34. The maximum Gasteiger partial charge on any atom is 0.252 e. The molecule has 0 aliphatic rings. The van der Waals surface area contributed by atoms with Gasteiger partial charge in [0.1, 0.15) is 0 Å². The van der Waals surface area contributed by atoms with E-state index >= 15 is 0 Å². The van der Waals surface area contributed by atoms with E-state index in [0.717, 1.165) is 4.47 Å². The molecule has 94 valence electrons. The number of likely N-dealkylation sites (N-methyl/N-ethyl adjacent to an activating group) is 1. The molecular weight excluding hydrogens is 282 g/mol. The van der Waals surface area contributed by atoms with E-state index in [0.29, 0.717) is 23.8 Å². The largest absolute Gasteiger partial charge is 0.399 e. The fraction of sp³-hybridized carbons (Fsp3) is 0.417. The van der Waals surface area contributed by atoms with Crippen LogP contribution in [0.3, 0.4) is 0 Å². The average Bonchev–Trinajstić information content (AvgIpc) is 2.28. The molecule has 0 aromatic heterocycles.